The maximum atomic E-state index is 11.6. The highest BCUT2D eigenvalue weighted by atomic mass is 16.4. The Labute approximate surface area is 89.4 Å². The van der Waals surface area contributed by atoms with E-state index in [0.29, 0.717) is 19.0 Å². The third-order valence-electron chi connectivity index (χ3n) is 2.32. The first-order chi connectivity index (χ1) is 7.13. The molecule has 0 unspecified atom stereocenters. The molecule has 0 aromatic carbocycles. The summed E-state index contributed by atoms with van der Waals surface area (Å²) in [5.74, 6) is -0.445. The molecule has 0 radical (unpaired) electrons. The first kappa shape index (κ1) is 11.8. The van der Waals surface area contributed by atoms with Crippen LogP contribution in [0.2, 0.25) is 0 Å². The molecular formula is C10H18N2O3. The van der Waals surface area contributed by atoms with Gasteiger partial charge in [-0.25, -0.2) is 4.79 Å². The zero-order chi connectivity index (χ0) is 11.3. The molecular weight excluding hydrogens is 196 g/mol. The second-order valence-corrected chi connectivity index (χ2v) is 3.95. The smallest absolute Gasteiger partial charge is 0.323 e. The molecule has 0 bridgehead atoms. The number of aliphatic carboxylic acids is 1. The zero-order valence-corrected chi connectivity index (χ0v) is 9.03. The van der Waals surface area contributed by atoms with Crippen LogP contribution in [0.4, 0.5) is 4.79 Å². The minimum atomic E-state index is -0.956. The van der Waals surface area contributed by atoms with E-state index in [1.807, 2.05) is 6.92 Å². The Morgan fingerprint density at radius 1 is 1.47 bits per heavy atom. The van der Waals surface area contributed by atoms with E-state index in [2.05, 4.69) is 5.32 Å². The lowest BCUT2D eigenvalue weighted by atomic mass is 10.3. The third kappa shape index (κ3) is 4.67. The molecule has 1 rings (SSSR count). The largest absolute Gasteiger partial charge is 0.480 e. The summed E-state index contributed by atoms with van der Waals surface area (Å²) >= 11 is 0. The quantitative estimate of drug-likeness (QED) is 0.690. The fraction of sp³-hybridized carbons (Fsp3) is 0.800. The highest BCUT2D eigenvalue weighted by molar-refractivity contribution is 5.80. The van der Waals surface area contributed by atoms with Crippen LogP contribution in [0.25, 0.3) is 0 Å². The van der Waals surface area contributed by atoms with Crippen molar-refractivity contribution >= 4 is 12.0 Å². The third-order valence-corrected chi connectivity index (χ3v) is 2.32. The fourth-order valence-electron chi connectivity index (χ4n) is 1.34. The van der Waals surface area contributed by atoms with E-state index >= 15 is 0 Å². The summed E-state index contributed by atoms with van der Waals surface area (Å²) in [6.45, 7) is 2.93. The maximum Gasteiger partial charge on any atom is 0.323 e. The number of carboxylic acids is 1. The number of carboxylic acid groups (broad SMARTS) is 1. The number of hydrogen-bond acceptors (Lipinski definition) is 2. The summed E-state index contributed by atoms with van der Waals surface area (Å²) in [6, 6.07) is -0.258. The minimum absolute atomic E-state index is 0.202. The zero-order valence-electron chi connectivity index (χ0n) is 9.03. The van der Waals surface area contributed by atoms with Crippen LogP contribution in [0.1, 0.15) is 26.2 Å². The Kier molecular flexibility index (Phi) is 4.39. The molecule has 1 aliphatic carbocycles. The summed E-state index contributed by atoms with van der Waals surface area (Å²) in [7, 11) is 0. The van der Waals surface area contributed by atoms with E-state index in [9.17, 15) is 9.59 Å². The SMILES string of the molecule is CCCNC(=O)N(CC(=O)O)CC1CC1. The molecule has 2 amide bonds. The van der Waals surface area contributed by atoms with Gasteiger partial charge in [0.05, 0.1) is 0 Å². The van der Waals surface area contributed by atoms with Crippen LogP contribution < -0.4 is 5.32 Å². The Bertz CT molecular complexity index is 239. The van der Waals surface area contributed by atoms with Crippen LogP contribution in [0.5, 0.6) is 0 Å². The van der Waals surface area contributed by atoms with Crippen molar-refractivity contribution in [1.29, 1.82) is 0 Å². The van der Waals surface area contributed by atoms with E-state index in [1.165, 1.54) is 4.90 Å². The predicted octanol–water partition coefficient (Wildman–Crippen LogP) is 0.903. The molecule has 0 saturated heterocycles. The minimum Gasteiger partial charge on any atom is -0.480 e. The fourth-order valence-corrected chi connectivity index (χ4v) is 1.34. The van der Waals surface area contributed by atoms with E-state index in [1.54, 1.807) is 0 Å². The van der Waals surface area contributed by atoms with Gasteiger partial charge in [-0.2, -0.15) is 0 Å². The second-order valence-electron chi connectivity index (χ2n) is 3.95. The highest BCUT2D eigenvalue weighted by Crippen LogP contribution is 2.29. The molecule has 1 saturated carbocycles. The van der Waals surface area contributed by atoms with Crippen LogP contribution in [-0.4, -0.2) is 41.6 Å². The van der Waals surface area contributed by atoms with Gasteiger partial charge in [-0.1, -0.05) is 6.92 Å². The first-order valence-electron chi connectivity index (χ1n) is 5.38. The number of carbonyl (C=O) groups is 2. The number of rotatable bonds is 6. The van der Waals surface area contributed by atoms with Gasteiger partial charge in [-0.05, 0) is 25.2 Å². The van der Waals surface area contributed by atoms with E-state index in [4.69, 9.17) is 5.11 Å². The number of amides is 2. The van der Waals surface area contributed by atoms with Gasteiger partial charge >= 0.3 is 12.0 Å². The van der Waals surface area contributed by atoms with Crippen LogP contribution in [0, 0.1) is 5.92 Å². The molecule has 1 fully saturated rings. The monoisotopic (exact) mass is 214 g/mol. The topological polar surface area (TPSA) is 69.6 Å². The van der Waals surface area contributed by atoms with Gasteiger partial charge in [0.1, 0.15) is 6.54 Å². The molecule has 0 atom stereocenters. The Morgan fingerprint density at radius 2 is 2.13 bits per heavy atom. The van der Waals surface area contributed by atoms with Crippen molar-refractivity contribution in [2.24, 2.45) is 5.92 Å². The number of urea groups is 1. The van der Waals surface area contributed by atoms with E-state index < -0.39 is 5.97 Å². The van der Waals surface area contributed by atoms with Crippen molar-refractivity contribution in [3.8, 4) is 0 Å². The number of nitrogens with zero attached hydrogens (tertiary/aromatic N) is 1. The molecule has 0 spiro atoms. The van der Waals surface area contributed by atoms with Crippen LogP contribution in [0.15, 0.2) is 0 Å². The summed E-state index contributed by atoms with van der Waals surface area (Å²) in [5, 5.41) is 11.4. The lowest BCUT2D eigenvalue weighted by Crippen LogP contribution is -2.44. The van der Waals surface area contributed by atoms with Gasteiger partial charge in [0.2, 0.25) is 0 Å². The molecule has 5 nitrogen and oxygen atoms in total. The number of nitrogens with one attached hydrogen (secondary N) is 1. The van der Waals surface area contributed by atoms with Crippen LogP contribution in [-0.2, 0) is 4.79 Å². The van der Waals surface area contributed by atoms with Crippen molar-refractivity contribution in [1.82, 2.24) is 10.2 Å². The number of hydrogen-bond donors (Lipinski definition) is 2. The summed E-state index contributed by atoms with van der Waals surface area (Å²) in [6.07, 6.45) is 3.07. The van der Waals surface area contributed by atoms with Crippen molar-refractivity contribution in [2.45, 2.75) is 26.2 Å². The Morgan fingerprint density at radius 3 is 2.60 bits per heavy atom. The molecule has 0 aromatic rings. The molecule has 1 aliphatic rings. The van der Waals surface area contributed by atoms with Gasteiger partial charge in [-0.15, -0.1) is 0 Å². The lowest BCUT2D eigenvalue weighted by molar-refractivity contribution is -0.137. The standard InChI is InChI=1S/C10H18N2O3/c1-2-5-11-10(15)12(7-9(13)14)6-8-3-4-8/h8H,2-7H2,1H3,(H,11,15)(H,13,14). The predicted molar refractivity (Wildman–Crippen MR) is 55.6 cm³/mol. The van der Waals surface area contributed by atoms with Crippen molar-refractivity contribution in [3.63, 3.8) is 0 Å². The van der Waals surface area contributed by atoms with Crippen molar-refractivity contribution < 1.29 is 14.7 Å². The van der Waals surface area contributed by atoms with Gasteiger partial charge in [0, 0.05) is 13.1 Å². The molecule has 0 aromatic heterocycles. The summed E-state index contributed by atoms with van der Waals surface area (Å²) in [4.78, 5) is 23.5. The van der Waals surface area contributed by atoms with E-state index in [0.717, 1.165) is 19.3 Å². The van der Waals surface area contributed by atoms with Crippen LogP contribution in [0.3, 0.4) is 0 Å². The Balaban J connectivity index is 2.37. The van der Waals surface area contributed by atoms with Gasteiger partial charge in [-0.3, -0.25) is 4.79 Å². The molecule has 0 aliphatic heterocycles. The number of carbonyl (C=O) groups excluding carboxylic acids is 1. The second kappa shape index (κ2) is 5.58. The van der Waals surface area contributed by atoms with Gasteiger partial charge in [0.15, 0.2) is 0 Å². The maximum absolute atomic E-state index is 11.6. The lowest BCUT2D eigenvalue weighted by Gasteiger charge is -2.20. The molecule has 86 valence electrons. The molecule has 5 heteroatoms. The van der Waals surface area contributed by atoms with Crippen molar-refractivity contribution in [3.05, 3.63) is 0 Å². The van der Waals surface area contributed by atoms with Crippen LogP contribution >= 0.6 is 0 Å². The van der Waals surface area contributed by atoms with Gasteiger partial charge < -0.3 is 15.3 Å². The average Bonchev–Trinajstić information content (AvgIpc) is 2.96. The summed E-state index contributed by atoms with van der Waals surface area (Å²) < 4.78 is 0. The summed E-state index contributed by atoms with van der Waals surface area (Å²) in [5.41, 5.74) is 0. The first-order valence-corrected chi connectivity index (χ1v) is 5.38. The van der Waals surface area contributed by atoms with E-state index in [-0.39, 0.29) is 12.6 Å². The molecule has 2 N–H and O–H groups in total. The van der Waals surface area contributed by atoms with Crippen molar-refractivity contribution in [2.75, 3.05) is 19.6 Å². The average molecular weight is 214 g/mol. The Hall–Kier alpha value is -1.26. The normalized spacial score (nSPS) is 14.7. The molecule has 0 heterocycles. The molecule has 15 heavy (non-hydrogen) atoms. The highest BCUT2D eigenvalue weighted by Gasteiger charge is 2.27. The van der Waals surface area contributed by atoms with Gasteiger partial charge in [0.25, 0.3) is 0 Å².